The van der Waals surface area contributed by atoms with E-state index in [1.54, 1.807) is 0 Å². The number of ether oxygens (including phenoxy) is 1. The molecule has 0 amide bonds. The SMILES string of the molecule is Cc1ccc(OCCF)c2ccccc12. The first-order valence-electron chi connectivity index (χ1n) is 5.00. The molecule has 0 N–H and O–H groups in total. The van der Waals surface area contributed by atoms with Gasteiger partial charge in [-0.15, -0.1) is 0 Å². The van der Waals surface area contributed by atoms with Gasteiger partial charge in [0.05, 0.1) is 0 Å². The minimum absolute atomic E-state index is 0.118. The van der Waals surface area contributed by atoms with Crippen molar-refractivity contribution in [1.29, 1.82) is 0 Å². The van der Waals surface area contributed by atoms with Gasteiger partial charge in [-0.05, 0) is 23.9 Å². The highest BCUT2D eigenvalue weighted by Gasteiger charge is 2.03. The molecule has 1 nitrogen and oxygen atoms in total. The molecule has 0 atom stereocenters. The maximum absolute atomic E-state index is 12.0. The molecule has 2 aromatic rings. The summed E-state index contributed by atoms with van der Waals surface area (Å²) >= 11 is 0. The van der Waals surface area contributed by atoms with Crippen molar-refractivity contribution >= 4 is 10.8 Å². The molecular weight excluding hydrogens is 191 g/mol. The number of benzene rings is 2. The fourth-order valence-electron chi connectivity index (χ4n) is 1.70. The lowest BCUT2D eigenvalue weighted by atomic mass is 10.1. The Morgan fingerprint density at radius 2 is 1.80 bits per heavy atom. The third-order valence-corrected chi connectivity index (χ3v) is 2.44. The second-order valence-corrected chi connectivity index (χ2v) is 3.46. The van der Waals surface area contributed by atoms with E-state index in [0.717, 1.165) is 16.5 Å². The number of hydrogen-bond acceptors (Lipinski definition) is 1. The first kappa shape index (κ1) is 9.97. The van der Waals surface area contributed by atoms with Gasteiger partial charge in [0.1, 0.15) is 19.0 Å². The Bertz CT molecular complexity index is 465. The largest absolute Gasteiger partial charge is 0.490 e. The highest BCUT2D eigenvalue weighted by molar-refractivity contribution is 5.90. The Hall–Kier alpha value is -1.57. The van der Waals surface area contributed by atoms with Gasteiger partial charge in [0.15, 0.2) is 0 Å². The van der Waals surface area contributed by atoms with Crippen LogP contribution < -0.4 is 4.74 Å². The Kier molecular flexibility index (Phi) is 2.86. The van der Waals surface area contributed by atoms with Crippen LogP contribution in [-0.2, 0) is 0 Å². The van der Waals surface area contributed by atoms with E-state index in [1.807, 2.05) is 36.4 Å². The summed E-state index contributed by atoms with van der Waals surface area (Å²) in [6, 6.07) is 11.9. The maximum Gasteiger partial charge on any atom is 0.127 e. The van der Waals surface area contributed by atoms with Gasteiger partial charge in [-0.3, -0.25) is 0 Å². The van der Waals surface area contributed by atoms with Gasteiger partial charge in [-0.1, -0.05) is 30.3 Å². The van der Waals surface area contributed by atoms with Gasteiger partial charge in [-0.25, -0.2) is 4.39 Å². The van der Waals surface area contributed by atoms with Crippen LogP contribution in [0.5, 0.6) is 5.75 Å². The highest BCUT2D eigenvalue weighted by atomic mass is 19.1. The van der Waals surface area contributed by atoms with Crippen LogP contribution in [-0.4, -0.2) is 13.3 Å². The summed E-state index contributed by atoms with van der Waals surface area (Å²) in [7, 11) is 0. The van der Waals surface area contributed by atoms with Crippen LogP contribution >= 0.6 is 0 Å². The lowest BCUT2D eigenvalue weighted by molar-refractivity contribution is 0.276. The fourth-order valence-corrected chi connectivity index (χ4v) is 1.70. The van der Waals surface area contributed by atoms with Crippen molar-refractivity contribution in [3.8, 4) is 5.75 Å². The van der Waals surface area contributed by atoms with Crippen molar-refractivity contribution in [2.24, 2.45) is 0 Å². The van der Waals surface area contributed by atoms with Gasteiger partial charge in [0, 0.05) is 5.39 Å². The molecule has 0 unspecified atom stereocenters. The van der Waals surface area contributed by atoms with E-state index < -0.39 is 6.67 Å². The molecule has 0 radical (unpaired) electrons. The van der Waals surface area contributed by atoms with Crippen molar-refractivity contribution in [2.75, 3.05) is 13.3 Å². The van der Waals surface area contributed by atoms with Crippen LogP contribution in [0.2, 0.25) is 0 Å². The molecule has 0 saturated heterocycles. The fraction of sp³-hybridized carbons (Fsp3) is 0.231. The Balaban J connectivity index is 2.51. The molecule has 0 fully saturated rings. The van der Waals surface area contributed by atoms with Gasteiger partial charge < -0.3 is 4.74 Å². The average Bonchev–Trinajstić information content (AvgIpc) is 2.29. The first-order valence-corrected chi connectivity index (χ1v) is 5.00. The average molecular weight is 204 g/mol. The molecule has 0 aromatic heterocycles. The molecule has 2 heteroatoms. The third-order valence-electron chi connectivity index (χ3n) is 2.44. The van der Waals surface area contributed by atoms with Gasteiger partial charge in [-0.2, -0.15) is 0 Å². The smallest absolute Gasteiger partial charge is 0.127 e. The monoisotopic (exact) mass is 204 g/mol. The van der Waals surface area contributed by atoms with Crippen molar-refractivity contribution < 1.29 is 9.13 Å². The van der Waals surface area contributed by atoms with Crippen molar-refractivity contribution in [3.63, 3.8) is 0 Å². The summed E-state index contributed by atoms with van der Waals surface area (Å²) in [6.45, 7) is 1.72. The summed E-state index contributed by atoms with van der Waals surface area (Å²) in [5.74, 6) is 0.758. The molecule has 2 aromatic carbocycles. The molecule has 0 saturated carbocycles. The van der Waals surface area contributed by atoms with Crippen LogP contribution in [0.15, 0.2) is 36.4 Å². The topological polar surface area (TPSA) is 9.23 Å². The van der Waals surface area contributed by atoms with Crippen LogP contribution in [0.4, 0.5) is 4.39 Å². The number of alkyl halides is 1. The zero-order valence-electron chi connectivity index (χ0n) is 8.66. The molecule has 0 aliphatic carbocycles. The molecule has 15 heavy (non-hydrogen) atoms. The Morgan fingerprint density at radius 1 is 1.07 bits per heavy atom. The summed E-state index contributed by atoms with van der Waals surface area (Å²) in [5.41, 5.74) is 1.21. The first-order chi connectivity index (χ1) is 7.33. The van der Waals surface area contributed by atoms with E-state index >= 15 is 0 Å². The Morgan fingerprint density at radius 3 is 2.53 bits per heavy atom. The van der Waals surface area contributed by atoms with E-state index in [-0.39, 0.29) is 6.61 Å². The summed E-state index contributed by atoms with van der Waals surface area (Å²) in [6.07, 6.45) is 0. The Labute approximate surface area is 88.5 Å². The van der Waals surface area contributed by atoms with Gasteiger partial charge in [0.25, 0.3) is 0 Å². The molecule has 78 valence electrons. The number of hydrogen-bond donors (Lipinski definition) is 0. The summed E-state index contributed by atoms with van der Waals surface area (Å²) in [5, 5.41) is 2.21. The number of fused-ring (bicyclic) bond motifs is 1. The lowest BCUT2D eigenvalue weighted by Gasteiger charge is -2.09. The van der Waals surface area contributed by atoms with Gasteiger partial charge >= 0.3 is 0 Å². The minimum Gasteiger partial charge on any atom is -0.490 e. The summed E-state index contributed by atoms with van der Waals surface area (Å²) < 4.78 is 17.4. The van der Waals surface area contributed by atoms with Crippen LogP contribution in [0, 0.1) is 6.92 Å². The normalized spacial score (nSPS) is 10.5. The zero-order valence-corrected chi connectivity index (χ0v) is 8.66. The molecule has 0 heterocycles. The molecule has 2 rings (SSSR count). The van der Waals surface area contributed by atoms with E-state index in [1.165, 1.54) is 5.56 Å². The highest BCUT2D eigenvalue weighted by Crippen LogP contribution is 2.27. The molecule has 0 spiro atoms. The summed E-state index contributed by atoms with van der Waals surface area (Å²) in [4.78, 5) is 0. The third kappa shape index (κ3) is 1.94. The number of aryl methyl sites for hydroxylation is 1. The number of halogens is 1. The second-order valence-electron chi connectivity index (χ2n) is 3.46. The van der Waals surface area contributed by atoms with E-state index in [9.17, 15) is 4.39 Å². The maximum atomic E-state index is 12.0. The second kappa shape index (κ2) is 4.30. The lowest BCUT2D eigenvalue weighted by Crippen LogP contribution is -1.99. The zero-order chi connectivity index (χ0) is 10.7. The predicted octanol–water partition coefficient (Wildman–Crippen LogP) is 3.50. The minimum atomic E-state index is -0.456. The molecule has 0 aliphatic rings. The van der Waals surface area contributed by atoms with E-state index in [2.05, 4.69) is 6.92 Å². The van der Waals surface area contributed by atoms with Crippen LogP contribution in [0.1, 0.15) is 5.56 Å². The standard InChI is InChI=1S/C13H13FO/c1-10-6-7-13(15-9-8-14)12-5-3-2-4-11(10)12/h2-7H,8-9H2,1H3. The predicted molar refractivity (Wildman–Crippen MR) is 60.2 cm³/mol. The van der Waals surface area contributed by atoms with Crippen molar-refractivity contribution in [1.82, 2.24) is 0 Å². The van der Waals surface area contributed by atoms with E-state index in [4.69, 9.17) is 4.74 Å². The van der Waals surface area contributed by atoms with E-state index in [0.29, 0.717) is 0 Å². The van der Waals surface area contributed by atoms with Crippen molar-refractivity contribution in [2.45, 2.75) is 6.92 Å². The number of rotatable bonds is 3. The quantitative estimate of drug-likeness (QED) is 0.743. The van der Waals surface area contributed by atoms with Gasteiger partial charge in [0.2, 0.25) is 0 Å². The van der Waals surface area contributed by atoms with Crippen molar-refractivity contribution in [3.05, 3.63) is 42.0 Å². The molecule has 0 bridgehead atoms. The molecule has 0 aliphatic heterocycles. The van der Waals surface area contributed by atoms with Crippen LogP contribution in [0.3, 0.4) is 0 Å². The van der Waals surface area contributed by atoms with Crippen LogP contribution in [0.25, 0.3) is 10.8 Å². The molecular formula is C13H13FO.